The van der Waals surface area contributed by atoms with E-state index in [-0.39, 0.29) is 0 Å². The van der Waals surface area contributed by atoms with E-state index < -0.39 is 0 Å². The molecule has 0 spiro atoms. The Labute approximate surface area is 633 Å². The first-order chi connectivity index (χ1) is 49.6. The van der Waals surface area contributed by atoms with Crippen molar-refractivity contribution < 1.29 is 9.47 Å². The Kier molecular flexibility index (Phi) is 46.0. The molecule has 7 aromatic rings. The Balaban J connectivity index is 1.35. The summed E-state index contributed by atoms with van der Waals surface area (Å²) in [6, 6.07) is 10.8. The third kappa shape index (κ3) is 30.5. The fourth-order valence-corrected chi connectivity index (χ4v) is 21.4. The molecular weight excluding hydrogens is 1290 g/mol. The quantitative estimate of drug-likeness (QED) is 0.0279. The Morgan fingerprint density at radius 3 is 0.510 bits per heavy atom. The minimum atomic E-state index is 0.773. The molecule has 0 aliphatic heterocycles. The van der Waals surface area contributed by atoms with Crippen LogP contribution < -0.4 is 9.47 Å². The number of benzene rings is 3. The predicted octanol–water partition coefficient (Wildman–Crippen LogP) is 35.3. The van der Waals surface area contributed by atoms with Gasteiger partial charge in [0.1, 0.15) is 11.5 Å². The molecule has 100 heavy (non-hydrogen) atoms. The topological polar surface area (TPSA) is 18.5 Å². The van der Waals surface area contributed by atoms with Crippen molar-refractivity contribution in [3.63, 3.8) is 0 Å². The second-order valence-electron chi connectivity index (χ2n) is 31.8. The number of aryl methyl sites for hydroxylation is 4. The SMILES string of the molecule is CCCCCCCCCCCCOc1c2c3sc(CCCCCCCCCCCC)cc3c3cc(CCCCCCCCCCCC)sc3c2c(OCCCCCCCCCCCC)c2c3sc(CCCCCCCCCCCC)cc3c3cc(CCCCCCCCCCCC)sc3c12. The van der Waals surface area contributed by atoms with Crippen LogP contribution in [-0.2, 0) is 25.7 Å². The first-order valence-electron chi connectivity index (χ1n) is 44.6. The zero-order valence-corrected chi connectivity index (χ0v) is 69.7. The molecule has 0 radical (unpaired) electrons. The summed E-state index contributed by atoms with van der Waals surface area (Å²) in [7, 11) is 0. The first-order valence-corrected chi connectivity index (χ1v) is 47.9. The highest BCUT2D eigenvalue weighted by molar-refractivity contribution is 7.24. The summed E-state index contributed by atoms with van der Waals surface area (Å²) in [5.74, 6) is 2.39. The van der Waals surface area contributed by atoms with Gasteiger partial charge in [-0.1, -0.05) is 388 Å². The van der Waals surface area contributed by atoms with Gasteiger partial charge in [-0.15, -0.1) is 45.3 Å². The highest BCUT2D eigenvalue weighted by Gasteiger charge is 2.30. The molecule has 2 nitrogen and oxygen atoms in total. The van der Waals surface area contributed by atoms with Gasteiger partial charge in [0.25, 0.3) is 0 Å². The van der Waals surface area contributed by atoms with Crippen LogP contribution in [0.5, 0.6) is 11.5 Å². The molecule has 0 aliphatic carbocycles. The normalized spacial score (nSPS) is 12.1. The molecule has 0 unspecified atom stereocenters. The maximum absolute atomic E-state index is 7.90. The van der Waals surface area contributed by atoms with Crippen molar-refractivity contribution in [2.45, 2.75) is 452 Å². The smallest absolute Gasteiger partial charge is 0.138 e. The molecular formula is C94H154O2S4. The third-order valence-electron chi connectivity index (χ3n) is 22.6. The van der Waals surface area contributed by atoms with Crippen molar-refractivity contribution in [1.29, 1.82) is 0 Å². The van der Waals surface area contributed by atoms with E-state index in [1.807, 2.05) is 0 Å². The van der Waals surface area contributed by atoms with Gasteiger partial charge in [0.2, 0.25) is 0 Å². The highest BCUT2D eigenvalue weighted by Crippen LogP contribution is 2.58. The number of rotatable bonds is 68. The van der Waals surface area contributed by atoms with Crippen LogP contribution in [0.3, 0.4) is 0 Å². The van der Waals surface area contributed by atoms with Crippen LogP contribution in [0.2, 0.25) is 0 Å². The molecule has 0 N–H and O–H groups in total. The molecule has 0 aliphatic rings. The first kappa shape index (κ1) is 84.9. The van der Waals surface area contributed by atoms with Gasteiger partial charge < -0.3 is 9.47 Å². The van der Waals surface area contributed by atoms with Crippen molar-refractivity contribution in [1.82, 2.24) is 0 Å². The second-order valence-corrected chi connectivity index (χ2v) is 36.3. The molecule has 0 saturated heterocycles. The molecule has 6 heteroatoms. The van der Waals surface area contributed by atoms with Crippen LogP contribution in [0, 0.1) is 0 Å². The van der Waals surface area contributed by atoms with E-state index in [4.69, 9.17) is 9.47 Å². The minimum Gasteiger partial charge on any atom is -0.492 e. The average Bonchev–Trinajstić information content (AvgIpc) is 1.57. The fraction of sp³-hybridized carbons (Fsp3) is 0.766. The summed E-state index contributed by atoms with van der Waals surface area (Å²) in [6.07, 6.45) is 86.5. The number of unbranched alkanes of at least 4 members (excludes halogenated alkanes) is 54. The van der Waals surface area contributed by atoms with Gasteiger partial charge in [0, 0.05) is 81.4 Å². The van der Waals surface area contributed by atoms with Crippen molar-refractivity contribution in [2.24, 2.45) is 0 Å². The zero-order valence-electron chi connectivity index (χ0n) is 66.4. The molecule has 0 bridgehead atoms. The largest absolute Gasteiger partial charge is 0.492 e. The van der Waals surface area contributed by atoms with Gasteiger partial charge in [-0.25, -0.2) is 0 Å². The summed E-state index contributed by atoms with van der Waals surface area (Å²) in [4.78, 5) is 6.30. The maximum atomic E-state index is 7.90. The summed E-state index contributed by atoms with van der Waals surface area (Å²) in [5, 5.41) is 11.5. The van der Waals surface area contributed by atoms with Gasteiger partial charge in [-0.2, -0.15) is 0 Å². The summed E-state index contributed by atoms with van der Waals surface area (Å²) < 4.78 is 21.7. The molecule has 7 rings (SSSR count). The van der Waals surface area contributed by atoms with Crippen LogP contribution in [0.1, 0.15) is 446 Å². The molecule has 3 aromatic carbocycles. The number of ether oxygens (including phenoxy) is 2. The minimum absolute atomic E-state index is 0.773. The van der Waals surface area contributed by atoms with Gasteiger partial charge in [0.05, 0.1) is 13.2 Å². The van der Waals surface area contributed by atoms with E-state index in [0.29, 0.717) is 0 Å². The van der Waals surface area contributed by atoms with Crippen molar-refractivity contribution in [3.05, 3.63) is 43.8 Å². The number of fused-ring (bicyclic) bond motifs is 12. The van der Waals surface area contributed by atoms with E-state index >= 15 is 0 Å². The van der Waals surface area contributed by atoms with E-state index in [1.54, 1.807) is 19.5 Å². The predicted molar refractivity (Wildman–Crippen MR) is 460 cm³/mol. The fourth-order valence-electron chi connectivity index (χ4n) is 16.3. The van der Waals surface area contributed by atoms with Crippen molar-refractivity contribution >= 4 is 107 Å². The van der Waals surface area contributed by atoms with E-state index in [1.165, 1.54) is 471 Å². The number of hydrogen-bond donors (Lipinski definition) is 0. The van der Waals surface area contributed by atoms with Gasteiger partial charge in [-0.05, 0) is 88.5 Å². The van der Waals surface area contributed by atoms with E-state index in [9.17, 15) is 0 Å². The molecule has 0 fully saturated rings. The lowest BCUT2D eigenvalue weighted by Crippen LogP contribution is -2.03. The van der Waals surface area contributed by atoms with Crippen molar-refractivity contribution in [2.75, 3.05) is 13.2 Å². The molecule has 566 valence electrons. The van der Waals surface area contributed by atoms with Crippen LogP contribution >= 0.6 is 45.3 Å². The highest BCUT2D eigenvalue weighted by atomic mass is 32.1. The van der Waals surface area contributed by atoms with Crippen LogP contribution in [-0.4, -0.2) is 13.2 Å². The Morgan fingerprint density at radius 2 is 0.340 bits per heavy atom. The van der Waals surface area contributed by atoms with E-state index in [2.05, 4.69) is 111 Å². The van der Waals surface area contributed by atoms with Crippen molar-refractivity contribution in [3.8, 4) is 11.5 Å². The average molecular weight is 1440 g/mol. The van der Waals surface area contributed by atoms with Crippen LogP contribution in [0.15, 0.2) is 24.3 Å². The molecule has 0 amide bonds. The summed E-state index contributed by atoms with van der Waals surface area (Å²) in [5.41, 5.74) is 0. The van der Waals surface area contributed by atoms with Crippen LogP contribution in [0.4, 0.5) is 0 Å². The lowest BCUT2D eigenvalue weighted by atomic mass is 9.95. The standard InChI is InChI=1S/C94H154O2S4/c1-7-13-19-25-31-37-43-49-55-61-67-77-73-81-82-74-78(68-62-56-50-44-38-32-26-20-14-8-2)98-92(82)86-85(91(81)97-77)89(95-71-65-59-53-47-41-35-29-23-17-11-5)87-88(90(86)96-72-66-60-54-48-42-36-30-24-18-12-6)94-84(76-80(100-94)70-64-58-52-46-40-34-28-22-16-10-4)83-75-79(99-93(83)87)69-63-57-51-45-39-33-27-21-15-9-3/h73-76H,7-72H2,1-6H3. The summed E-state index contributed by atoms with van der Waals surface area (Å²) in [6.45, 7) is 15.6. The molecule has 4 heterocycles. The Hall–Kier alpha value is -2.38. The van der Waals surface area contributed by atoms with Crippen LogP contribution in [0.25, 0.3) is 61.9 Å². The second kappa shape index (κ2) is 54.2. The molecule has 4 aromatic heterocycles. The van der Waals surface area contributed by atoms with Gasteiger partial charge in [0.15, 0.2) is 0 Å². The Morgan fingerprint density at radius 1 is 0.190 bits per heavy atom. The summed E-state index contributed by atoms with van der Waals surface area (Å²) >= 11 is 8.56. The lowest BCUT2D eigenvalue weighted by molar-refractivity contribution is 0.306. The van der Waals surface area contributed by atoms with Gasteiger partial charge in [-0.3, -0.25) is 0 Å². The monoisotopic (exact) mass is 1440 g/mol. The third-order valence-corrected chi connectivity index (χ3v) is 27.5. The zero-order chi connectivity index (χ0) is 70.1. The number of hydrogen-bond acceptors (Lipinski definition) is 6. The van der Waals surface area contributed by atoms with Gasteiger partial charge >= 0.3 is 0 Å². The lowest BCUT2D eigenvalue weighted by Gasteiger charge is -2.21. The molecule has 0 saturated carbocycles. The van der Waals surface area contributed by atoms with E-state index in [0.717, 1.165) is 26.1 Å². The maximum Gasteiger partial charge on any atom is 0.138 e. The Bertz CT molecular complexity index is 2770. The molecule has 0 atom stereocenters. The number of thiophene rings is 4.